The second-order valence-electron chi connectivity index (χ2n) is 5.12. The van der Waals surface area contributed by atoms with Crippen molar-refractivity contribution >= 4 is 17.6 Å². The van der Waals surface area contributed by atoms with Crippen LogP contribution < -0.4 is 10.1 Å². The summed E-state index contributed by atoms with van der Waals surface area (Å²) < 4.78 is 15.3. The fourth-order valence-electron chi connectivity index (χ4n) is 2.05. The van der Waals surface area contributed by atoms with Gasteiger partial charge in [0, 0.05) is 18.4 Å². The van der Waals surface area contributed by atoms with Gasteiger partial charge in [-0.15, -0.1) is 0 Å². The lowest BCUT2D eigenvalue weighted by molar-refractivity contribution is 0.0526. The van der Waals surface area contributed by atoms with Crippen LogP contribution in [-0.2, 0) is 9.47 Å². The van der Waals surface area contributed by atoms with E-state index in [1.165, 1.54) is 0 Å². The quantitative estimate of drug-likeness (QED) is 0.589. The van der Waals surface area contributed by atoms with Gasteiger partial charge in [-0.1, -0.05) is 0 Å². The number of hydrogen-bond donors (Lipinski definition) is 1. The minimum Gasteiger partial charge on any atom is -0.491 e. The number of esters is 1. The molecule has 2 aromatic rings. The molecule has 0 spiro atoms. The average molecular weight is 343 g/mol. The van der Waals surface area contributed by atoms with Gasteiger partial charge in [0.1, 0.15) is 12.4 Å². The Kier molecular flexibility index (Phi) is 6.98. The molecule has 6 heteroatoms. The number of carbonyl (C=O) groups excluding carboxylic acids is 2. The third-order valence-electron chi connectivity index (χ3n) is 3.33. The zero-order chi connectivity index (χ0) is 18.1. The Labute approximate surface area is 146 Å². The SMILES string of the molecule is CCOC(=O)c1ccc(NC(=O)c2ccc(OCCOC)cc2)cc1. The Morgan fingerprint density at radius 3 is 2.16 bits per heavy atom. The van der Waals surface area contributed by atoms with Gasteiger partial charge in [0.05, 0.1) is 18.8 Å². The fraction of sp³-hybridized carbons (Fsp3) is 0.263. The molecular weight excluding hydrogens is 322 g/mol. The van der Waals surface area contributed by atoms with E-state index in [-0.39, 0.29) is 11.9 Å². The van der Waals surface area contributed by atoms with Crippen molar-refractivity contribution in [2.24, 2.45) is 0 Å². The Morgan fingerprint density at radius 2 is 1.56 bits per heavy atom. The van der Waals surface area contributed by atoms with Crippen LogP contribution >= 0.6 is 0 Å². The summed E-state index contributed by atoms with van der Waals surface area (Å²) in [4.78, 5) is 23.8. The zero-order valence-corrected chi connectivity index (χ0v) is 14.3. The second-order valence-corrected chi connectivity index (χ2v) is 5.12. The molecule has 1 amide bonds. The lowest BCUT2D eigenvalue weighted by Crippen LogP contribution is -2.12. The molecule has 0 aliphatic rings. The van der Waals surface area contributed by atoms with Crippen LogP contribution in [0.1, 0.15) is 27.6 Å². The topological polar surface area (TPSA) is 73.9 Å². The van der Waals surface area contributed by atoms with E-state index in [1.807, 2.05) is 0 Å². The molecule has 0 aliphatic heterocycles. The summed E-state index contributed by atoms with van der Waals surface area (Å²) in [6, 6.07) is 13.4. The predicted molar refractivity (Wildman–Crippen MR) is 94.2 cm³/mol. The predicted octanol–water partition coefficient (Wildman–Crippen LogP) is 3.14. The molecule has 0 bridgehead atoms. The molecule has 0 saturated heterocycles. The fourth-order valence-corrected chi connectivity index (χ4v) is 2.05. The van der Waals surface area contributed by atoms with Gasteiger partial charge < -0.3 is 19.5 Å². The molecular formula is C19H21NO5. The van der Waals surface area contributed by atoms with Crippen molar-refractivity contribution in [2.75, 3.05) is 32.2 Å². The van der Waals surface area contributed by atoms with Crippen molar-refractivity contribution in [1.82, 2.24) is 0 Å². The first-order chi connectivity index (χ1) is 12.1. The van der Waals surface area contributed by atoms with E-state index >= 15 is 0 Å². The van der Waals surface area contributed by atoms with Crippen molar-refractivity contribution in [3.8, 4) is 5.75 Å². The van der Waals surface area contributed by atoms with Crippen molar-refractivity contribution in [2.45, 2.75) is 6.92 Å². The van der Waals surface area contributed by atoms with E-state index in [9.17, 15) is 9.59 Å². The number of nitrogens with one attached hydrogen (secondary N) is 1. The van der Waals surface area contributed by atoms with Crippen LogP contribution in [0.2, 0.25) is 0 Å². The van der Waals surface area contributed by atoms with E-state index in [0.717, 1.165) is 0 Å². The van der Waals surface area contributed by atoms with Crippen molar-refractivity contribution < 1.29 is 23.8 Å². The van der Waals surface area contributed by atoms with Crippen LogP contribution in [0.25, 0.3) is 0 Å². The van der Waals surface area contributed by atoms with Gasteiger partial charge in [0.2, 0.25) is 0 Å². The molecule has 2 rings (SSSR count). The highest BCUT2D eigenvalue weighted by Gasteiger charge is 2.09. The lowest BCUT2D eigenvalue weighted by Gasteiger charge is -2.08. The number of ether oxygens (including phenoxy) is 3. The summed E-state index contributed by atoms with van der Waals surface area (Å²) in [7, 11) is 1.61. The third-order valence-corrected chi connectivity index (χ3v) is 3.33. The average Bonchev–Trinajstić information content (AvgIpc) is 2.63. The summed E-state index contributed by atoms with van der Waals surface area (Å²) in [6.07, 6.45) is 0. The molecule has 0 aliphatic carbocycles. The van der Waals surface area contributed by atoms with E-state index in [0.29, 0.717) is 42.4 Å². The molecule has 0 fully saturated rings. The lowest BCUT2D eigenvalue weighted by atomic mass is 10.1. The smallest absolute Gasteiger partial charge is 0.338 e. The molecule has 0 heterocycles. The number of amides is 1. The van der Waals surface area contributed by atoms with E-state index in [2.05, 4.69) is 5.32 Å². The zero-order valence-electron chi connectivity index (χ0n) is 14.3. The largest absolute Gasteiger partial charge is 0.491 e. The number of methoxy groups -OCH3 is 1. The maximum atomic E-state index is 12.2. The van der Waals surface area contributed by atoms with Gasteiger partial charge in [-0.25, -0.2) is 4.79 Å². The molecule has 0 saturated carbocycles. The van der Waals surface area contributed by atoms with E-state index < -0.39 is 0 Å². The van der Waals surface area contributed by atoms with Gasteiger partial charge in [-0.3, -0.25) is 4.79 Å². The van der Waals surface area contributed by atoms with E-state index in [4.69, 9.17) is 14.2 Å². The first kappa shape index (κ1) is 18.5. The van der Waals surface area contributed by atoms with Gasteiger partial charge in [0.15, 0.2) is 0 Å². The van der Waals surface area contributed by atoms with E-state index in [1.54, 1.807) is 62.6 Å². The van der Waals surface area contributed by atoms with Crippen molar-refractivity contribution in [3.05, 3.63) is 59.7 Å². The Bertz CT molecular complexity index is 695. The number of anilines is 1. The summed E-state index contributed by atoms with van der Waals surface area (Å²) in [5.74, 6) is 0.0455. The Morgan fingerprint density at radius 1 is 0.920 bits per heavy atom. The summed E-state index contributed by atoms with van der Waals surface area (Å²) >= 11 is 0. The molecule has 25 heavy (non-hydrogen) atoms. The maximum Gasteiger partial charge on any atom is 0.338 e. The molecule has 0 unspecified atom stereocenters. The molecule has 2 aromatic carbocycles. The van der Waals surface area contributed by atoms with Crippen LogP contribution in [0, 0.1) is 0 Å². The molecule has 0 atom stereocenters. The molecule has 6 nitrogen and oxygen atoms in total. The van der Waals surface area contributed by atoms with Crippen LogP contribution in [0.5, 0.6) is 5.75 Å². The first-order valence-electron chi connectivity index (χ1n) is 7.94. The van der Waals surface area contributed by atoms with Crippen LogP contribution in [0.15, 0.2) is 48.5 Å². The van der Waals surface area contributed by atoms with Crippen molar-refractivity contribution in [3.63, 3.8) is 0 Å². The third kappa shape index (κ3) is 5.61. The van der Waals surface area contributed by atoms with Gasteiger partial charge in [-0.2, -0.15) is 0 Å². The molecule has 0 radical (unpaired) electrons. The van der Waals surface area contributed by atoms with Gasteiger partial charge >= 0.3 is 5.97 Å². The second kappa shape index (κ2) is 9.44. The van der Waals surface area contributed by atoms with Gasteiger partial charge in [0.25, 0.3) is 5.91 Å². The minimum absolute atomic E-state index is 0.243. The molecule has 0 aromatic heterocycles. The highest BCUT2D eigenvalue weighted by molar-refractivity contribution is 6.04. The van der Waals surface area contributed by atoms with Crippen LogP contribution in [0.4, 0.5) is 5.69 Å². The van der Waals surface area contributed by atoms with Crippen molar-refractivity contribution in [1.29, 1.82) is 0 Å². The van der Waals surface area contributed by atoms with Crippen LogP contribution in [-0.4, -0.2) is 38.8 Å². The van der Waals surface area contributed by atoms with Gasteiger partial charge in [-0.05, 0) is 55.5 Å². The standard InChI is InChI=1S/C19H21NO5/c1-3-24-19(22)15-4-8-16(9-5-15)20-18(21)14-6-10-17(11-7-14)25-13-12-23-2/h4-11H,3,12-13H2,1-2H3,(H,20,21). The Hall–Kier alpha value is -2.86. The number of rotatable bonds is 8. The minimum atomic E-state index is -0.385. The normalized spacial score (nSPS) is 10.2. The highest BCUT2D eigenvalue weighted by atomic mass is 16.5. The molecule has 132 valence electrons. The monoisotopic (exact) mass is 343 g/mol. The number of benzene rings is 2. The first-order valence-corrected chi connectivity index (χ1v) is 7.94. The summed E-state index contributed by atoms with van der Waals surface area (Å²) in [5, 5.41) is 2.78. The number of hydrogen-bond acceptors (Lipinski definition) is 5. The highest BCUT2D eigenvalue weighted by Crippen LogP contribution is 2.15. The van der Waals surface area contributed by atoms with Crippen LogP contribution in [0.3, 0.4) is 0 Å². The Balaban J connectivity index is 1.93. The summed E-state index contributed by atoms with van der Waals surface area (Å²) in [6.45, 7) is 3.03. The number of carbonyl (C=O) groups is 2. The summed E-state index contributed by atoms with van der Waals surface area (Å²) in [5.41, 5.74) is 1.55. The molecule has 1 N–H and O–H groups in total. The maximum absolute atomic E-state index is 12.2.